The van der Waals surface area contributed by atoms with Crippen LogP contribution >= 0.6 is 11.6 Å². The second kappa shape index (κ2) is 8.66. The standard InChI is InChI=1S/C19H18ClF4N5O2/c1-10(2)14-8-29(17-13(21)6-12(20)7-26-17)18(31)28(14)9-16(30)27-15-5-11(3-4-25-15)19(22,23)24/h3-7,10,14H,8-9H2,1-2H3,(H,25,27,30)/t14-/m1/s1. The van der Waals surface area contributed by atoms with Crippen LogP contribution in [0.15, 0.2) is 30.6 Å². The van der Waals surface area contributed by atoms with E-state index in [1.807, 2.05) is 13.8 Å². The lowest BCUT2D eigenvalue weighted by Crippen LogP contribution is -2.43. The van der Waals surface area contributed by atoms with Crippen molar-refractivity contribution < 1.29 is 27.2 Å². The predicted molar refractivity (Wildman–Crippen MR) is 105 cm³/mol. The van der Waals surface area contributed by atoms with Gasteiger partial charge in [-0.15, -0.1) is 0 Å². The fourth-order valence-corrected chi connectivity index (χ4v) is 3.36. The number of hydrogen-bond donors (Lipinski definition) is 1. The van der Waals surface area contributed by atoms with Gasteiger partial charge in [0, 0.05) is 12.4 Å². The molecule has 2 aromatic rings. The van der Waals surface area contributed by atoms with Crippen molar-refractivity contribution in [3.63, 3.8) is 0 Å². The number of nitrogens with one attached hydrogen (secondary N) is 1. The second-order valence-electron chi connectivity index (χ2n) is 7.27. The minimum atomic E-state index is -4.59. The molecule has 3 heterocycles. The molecule has 2 aromatic heterocycles. The number of halogens is 5. The topological polar surface area (TPSA) is 78.4 Å². The lowest BCUT2D eigenvalue weighted by Gasteiger charge is -2.25. The minimum Gasteiger partial charge on any atom is -0.310 e. The highest BCUT2D eigenvalue weighted by atomic mass is 35.5. The molecule has 3 rings (SSSR count). The zero-order valence-corrected chi connectivity index (χ0v) is 17.2. The van der Waals surface area contributed by atoms with Crippen LogP contribution in [0.4, 0.5) is 34.0 Å². The molecule has 0 spiro atoms. The Kier molecular flexibility index (Phi) is 6.35. The van der Waals surface area contributed by atoms with E-state index in [2.05, 4.69) is 15.3 Å². The van der Waals surface area contributed by atoms with Gasteiger partial charge in [0.2, 0.25) is 5.91 Å². The fourth-order valence-electron chi connectivity index (χ4n) is 3.21. The molecule has 31 heavy (non-hydrogen) atoms. The molecule has 1 saturated heterocycles. The van der Waals surface area contributed by atoms with Gasteiger partial charge in [0.15, 0.2) is 11.6 Å². The minimum absolute atomic E-state index is 0.0677. The Morgan fingerprint density at radius 2 is 2.03 bits per heavy atom. The number of alkyl halides is 3. The Bertz CT molecular complexity index is 1000. The van der Waals surface area contributed by atoms with Gasteiger partial charge in [0.05, 0.1) is 23.2 Å². The van der Waals surface area contributed by atoms with Crippen molar-refractivity contribution in [3.8, 4) is 0 Å². The summed E-state index contributed by atoms with van der Waals surface area (Å²) in [6.07, 6.45) is -2.47. The number of hydrogen-bond acceptors (Lipinski definition) is 4. The number of amides is 3. The van der Waals surface area contributed by atoms with E-state index in [4.69, 9.17) is 11.6 Å². The van der Waals surface area contributed by atoms with Crippen LogP contribution in [0.3, 0.4) is 0 Å². The van der Waals surface area contributed by atoms with Crippen molar-refractivity contribution in [2.75, 3.05) is 23.3 Å². The molecule has 0 bridgehead atoms. The molecular formula is C19H18ClF4N5O2. The predicted octanol–water partition coefficient (Wildman–Crippen LogP) is 4.19. The third-order valence-electron chi connectivity index (χ3n) is 4.73. The first-order valence-electron chi connectivity index (χ1n) is 9.19. The van der Waals surface area contributed by atoms with Gasteiger partial charge in [-0.1, -0.05) is 25.4 Å². The summed E-state index contributed by atoms with van der Waals surface area (Å²) in [6, 6.07) is 1.39. The van der Waals surface area contributed by atoms with Crippen LogP contribution in [-0.2, 0) is 11.0 Å². The van der Waals surface area contributed by atoms with Crippen molar-refractivity contribution in [2.45, 2.75) is 26.1 Å². The first-order valence-corrected chi connectivity index (χ1v) is 9.57. The molecule has 3 amide bonds. The zero-order valence-electron chi connectivity index (χ0n) is 16.5. The summed E-state index contributed by atoms with van der Waals surface area (Å²) in [6.45, 7) is 3.28. The van der Waals surface area contributed by atoms with Crippen LogP contribution in [0.2, 0.25) is 5.02 Å². The van der Waals surface area contributed by atoms with Crippen LogP contribution < -0.4 is 10.2 Å². The number of urea groups is 1. The first kappa shape index (κ1) is 22.7. The molecule has 1 aliphatic heterocycles. The van der Waals surface area contributed by atoms with Gasteiger partial charge in [-0.25, -0.2) is 19.2 Å². The number of carbonyl (C=O) groups excluding carboxylic acids is 2. The molecule has 0 unspecified atom stereocenters. The van der Waals surface area contributed by atoms with Gasteiger partial charge >= 0.3 is 12.2 Å². The summed E-state index contributed by atoms with van der Waals surface area (Å²) in [5.74, 6) is -2.14. The van der Waals surface area contributed by atoms with E-state index in [-0.39, 0.29) is 29.1 Å². The Hall–Kier alpha value is -2.95. The summed E-state index contributed by atoms with van der Waals surface area (Å²) < 4.78 is 52.8. The molecule has 1 atom stereocenters. The molecular weight excluding hydrogens is 442 g/mol. The van der Waals surface area contributed by atoms with Gasteiger partial charge in [0.1, 0.15) is 12.4 Å². The molecule has 1 fully saturated rings. The number of carbonyl (C=O) groups is 2. The molecule has 7 nitrogen and oxygen atoms in total. The van der Waals surface area contributed by atoms with E-state index in [1.54, 1.807) is 0 Å². The average Bonchev–Trinajstić information content (AvgIpc) is 2.98. The lowest BCUT2D eigenvalue weighted by atomic mass is 10.0. The Balaban J connectivity index is 1.77. The van der Waals surface area contributed by atoms with Crippen LogP contribution in [-0.4, -0.2) is 45.9 Å². The monoisotopic (exact) mass is 459 g/mol. The van der Waals surface area contributed by atoms with Crippen LogP contribution in [0.1, 0.15) is 19.4 Å². The van der Waals surface area contributed by atoms with Crippen LogP contribution in [0.5, 0.6) is 0 Å². The number of nitrogens with zero attached hydrogens (tertiary/aromatic N) is 4. The van der Waals surface area contributed by atoms with E-state index in [0.29, 0.717) is 6.07 Å². The van der Waals surface area contributed by atoms with Crippen molar-refractivity contribution in [1.29, 1.82) is 0 Å². The van der Waals surface area contributed by atoms with Crippen molar-refractivity contribution >= 4 is 35.2 Å². The molecule has 12 heteroatoms. The largest absolute Gasteiger partial charge is 0.416 e. The first-order chi connectivity index (χ1) is 14.5. The van der Waals surface area contributed by atoms with Crippen molar-refractivity contribution in [1.82, 2.24) is 14.9 Å². The van der Waals surface area contributed by atoms with E-state index < -0.39 is 42.1 Å². The normalized spacial score (nSPS) is 16.9. The number of rotatable bonds is 5. The summed E-state index contributed by atoms with van der Waals surface area (Å²) in [4.78, 5) is 35.3. The summed E-state index contributed by atoms with van der Waals surface area (Å²) in [5, 5.41) is 2.33. The molecule has 0 saturated carbocycles. The number of pyridine rings is 2. The quantitative estimate of drug-likeness (QED) is 0.680. The Morgan fingerprint density at radius 1 is 1.32 bits per heavy atom. The van der Waals surface area contributed by atoms with Crippen molar-refractivity contribution in [2.24, 2.45) is 5.92 Å². The average molecular weight is 460 g/mol. The molecule has 166 valence electrons. The third-order valence-corrected chi connectivity index (χ3v) is 4.94. The number of anilines is 2. The van der Waals surface area contributed by atoms with Gasteiger partial charge in [-0.2, -0.15) is 13.2 Å². The van der Waals surface area contributed by atoms with E-state index in [9.17, 15) is 27.2 Å². The van der Waals surface area contributed by atoms with E-state index in [1.165, 1.54) is 11.1 Å². The third kappa shape index (κ3) is 5.04. The van der Waals surface area contributed by atoms with Crippen molar-refractivity contribution in [3.05, 3.63) is 47.0 Å². The maximum absolute atomic E-state index is 14.3. The van der Waals surface area contributed by atoms with Gasteiger partial charge in [-0.05, 0) is 24.1 Å². The summed E-state index contributed by atoms with van der Waals surface area (Å²) in [5.41, 5.74) is -0.967. The summed E-state index contributed by atoms with van der Waals surface area (Å²) >= 11 is 5.71. The second-order valence-corrected chi connectivity index (χ2v) is 7.70. The van der Waals surface area contributed by atoms with Crippen LogP contribution in [0, 0.1) is 11.7 Å². The highest BCUT2D eigenvalue weighted by Gasteiger charge is 2.42. The molecule has 0 aliphatic carbocycles. The Morgan fingerprint density at radius 3 is 2.65 bits per heavy atom. The fraction of sp³-hybridized carbons (Fsp3) is 0.368. The van der Waals surface area contributed by atoms with E-state index >= 15 is 0 Å². The SMILES string of the molecule is CC(C)[C@H]1CN(c2ncc(Cl)cc2F)C(=O)N1CC(=O)Nc1cc(C(F)(F)F)ccn1. The van der Waals surface area contributed by atoms with Gasteiger partial charge in [-0.3, -0.25) is 9.69 Å². The van der Waals surface area contributed by atoms with Gasteiger partial charge in [0.25, 0.3) is 0 Å². The number of aromatic nitrogens is 2. The molecule has 1 N–H and O–H groups in total. The maximum Gasteiger partial charge on any atom is 0.416 e. The lowest BCUT2D eigenvalue weighted by molar-refractivity contribution is -0.137. The molecule has 0 aromatic carbocycles. The van der Waals surface area contributed by atoms with Gasteiger partial charge < -0.3 is 10.2 Å². The highest BCUT2D eigenvalue weighted by Crippen LogP contribution is 2.31. The smallest absolute Gasteiger partial charge is 0.310 e. The Labute approximate surface area is 180 Å². The van der Waals surface area contributed by atoms with E-state index in [0.717, 1.165) is 23.2 Å². The maximum atomic E-state index is 14.3. The highest BCUT2D eigenvalue weighted by molar-refractivity contribution is 6.30. The molecule has 1 aliphatic rings. The zero-order chi connectivity index (χ0) is 22.9. The molecule has 0 radical (unpaired) electrons. The van der Waals surface area contributed by atoms with Crippen LogP contribution in [0.25, 0.3) is 0 Å². The summed E-state index contributed by atoms with van der Waals surface area (Å²) in [7, 11) is 0.